The van der Waals surface area contributed by atoms with Crippen LogP contribution in [0.15, 0.2) is 23.1 Å². The van der Waals surface area contributed by atoms with Gasteiger partial charge in [0.05, 0.1) is 6.73 Å². The van der Waals surface area contributed by atoms with Crippen LogP contribution in [0.3, 0.4) is 0 Å². The Morgan fingerprint density at radius 3 is 3.20 bits per heavy atom. The molecule has 0 saturated heterocycles. The fourth-order valence-electron chi connectivity index (χ4n) is 1.88. The van der Waals surface area contributed by atoms with Gasteiger partial charge in [-0.15, -0.1) is 11.8 Å². The predicted octanol–water partition coefficient (Wildman–Crippen LogP) is 1.81. The van der Waals surface area contributed by atoms with Crippen molar-refractivity contribution in [1.29, 1.82) is 0 Å². The van der Waals surface area contributed by atoms with Gasteiger partial charge in [-0.2, -0.15) is 0 Å². The molecule has 1 aromatic rings. The van der Waals surface area contributed by atoms with Crippen molar-refractivity contribution in [2.45, 2.75) is 24.2 Å². The first kappa shape index (κ1) is 11.0. The first-order chi connectivity index (χ1) is 7.40. The van der Waals surface area contributed by atoms with E-state index in [-0.39, 0.29) is 6.73 Å². The van der Waals surface area contributed by atoms with Crippen molar-refractivity contribution in [3.05, 3.63) is 29.3 Å². The standard InChI is InChI=1S/C12H17NOS/c14-9-13-6-5-10-3-4-12-11(8-10)2-1-7-15-12/h3-4,8,13-14H,1-2,5-7,9H2. The highest BCUT2D eigenvalue weighted by molar-refractivity contribution is 7.99. The van der Waals surface area contributed by atoms with Gasteiger partial charge in [0, 0.05) is 11.4 Å². The number of thioether (sulfide) groups is 1. The highest BCUT2D eigenvalue weighted by atomic mass is 32.2. The lowest BCUT2D eigenvalue weighted by Crippen LogP contribution is -2.17. The van der Waals surface area contributed by atoms with Crippen LogP contribution in [0.1, 0.15) is 17.5 Å². The van der Waals surface area contributed by atoms with Gasteiger partial charge in [0.25, 0.3) is 0 Å². The molecule has 0 aromatic heterocycles. The molecule has 2 rings (SSSR count). The topological polar surface area (TPSA) is 32.3 Å². The summed E-state index contributed by atoms with van der Waals surface area (Å²) in [7, 11) is 0. The van der Waals surface area contributed by atoms with Gasteiger partial charge < -0.3 is 5.11 Å². The Hall–Kier alpha value is -0.510. The monoisotopic (exact) mass is 223 g/mol. The zero-order chi connectivity index (χ0) is 10.5. The van der Waals surface area contributed by atoms with Gasteiger partial charge in [0.2, 0.25) is 0 Å². The number of nitrogens with one attached hydrogen (secondary N) is 1. The van der Waals surface area contributed by atoms with Crippen molar-refractivity contribution in [3.8, 4) is 0 Å². The zero-order valence-electron chi connectivity index (χ0n) is 8.83. The van der Waals surface area contributed by atoms with Crippen LogP contribution in [0.25, 0.3) is 0 Å². The van der Waals surface area contributed by atoms with Gasteiger partial charge in [-0.25, -0.2) is 0 Å². The van der Waals surface area contributed by atoms with Crippen molar-refractivity contribution in [2.75, 3.05) is 19.0 Å². The van der Waals surface area contributed by atoms with E-state index in [1.54, 1.807) is 0 Å². The Morgan fingerprint density at radius 1 is 1.40 bits per heavy atom. The van der Waals surface area contributed by atoms with Crippen molar-refractivity contribution in [3.63, 3.8) is 0 Å². The molecule has 1 heterocycles. The van der Waals surface area contributed by atoms with Crippen LogP contribution in [-0.4, -0.2) is 24.1 Å². The summed E-state index contributed by atoms with van der Waals surface area (Å²) in [6.07, 6.45) is 3.53. The van der Waals surface area contributed by atoms with Crippen LogP contribution >= 0.6 is 11.8 Å². The van der Waals surface area contributed by atoms with Gasteiger partial charge in [0.1, 0.15) is 0 Å². The lowest BCUT2D eigenvalue weighted by Gasteiger charge is -2.16. The first-order valence-corrected chi connectivity index (χ1v) is 6.45. The normalized spacial score (nSPS) is 15.0. The van der Waals surface area contributed by atoms with E-state index < -0.39 is 0 Å². The fraction of sp³-hybridized carbons (Fsp3) is 0.500. The van der Waals surface area contributed by atoms with Crippen molar-refractivity contribution < 1.29 is 5.11 Å². The molecular formula is C12H17NOS. The molecule has 0 atom stereocenters. The van der Waals surface area contributed by atoms with Crippen LogP contribution in [-0.2, 0) is 12.8 Å². The molecule has 82 valence electrons. The predicted molar refractivity (Wildman–Crippen MR) is 64.3 cm³/mol. The maximum Gasteiger partial charge on any atom is 0.0931 e. The van der Waals surface area contributed by atoms with Crippen LogP contribution in [0.4, 0.5) is 0 Å². The number of hydrogen-bond acceptors (Lipinski definition) is 3. The molecule has 15 heavy (non-hydrogen) atoms. The number of rotatable bonds is 4. The minimum atomic E-state index is 0.0702. The van der Waals surface area contributed by atoms with E-state index in [2.05, 4.69) is 23.5 Å². The van der Waals surface area contributed by atoms with Crippen LogP contribution in [0.2, 0.25) is 0 Å². The second-order valence-corrected chi connectivity index (χ2v) is 4.94. The summed E-state index contributed by atoms with van der Waals surface area (Å²) in [6, 6.07) is 6.77. The molecule has 2 N–H and O–H groups in total. The molecule has 1 aliphatic heterocycles. The van der Waals surface area contributed by atoms with Crippen LogP contribution in [0.5, 0.6) is 0 Å². The SMILES string of the molecule is OCNCCc1ccc2c(c1)CCCS2. The van der Waals surface area contributed by atoms with Gasteiger partial charge in [0.15, 0.2) is 0 Å². The lowest BCUT2D eigenvalue weighted by molar-refractivity contribution is 0.262. The highest BCUT2D eigenvalue weighted by Crippen LogP contribution is 2.30. The summed E-state index contributed by atoms with van der Waals surface area (Å²) in [5, 5.41) is 11.5. The van der Waals surface area contributed by atoms with Gasteiger partial charge in [-0.1, -0.05) is 12.1 Å². The number of aryl methyl sites for hydroxylation is 1. The van der Waals surface area contributed by atoms with Gasteiger partial charge in [-0.05, 0) is 42.2 Å². The fourth-order valence-corrected chi connectivity index (χ4v) is 2.90. The minimum Gasteiger partial charge on any atom is -0.381 e. The van der Waals surface area contributed by atoms with E-state index in [1.807, 2.05) is 11.8 Å². The second-order valence-electron chi connectivity index (χ2n) is 3.80. The summed E-state index contributed by atoms with van der Waals surface area (Å²) in [4.78, 5) is 1.46. The molecule has 3 heteroatoms. The lowest BCUT2D eigenvalue weighted by atomic mass is 10.0. The maximum atomic E-state index is 8.62. The molecule has 0 fully saturated rings. The summed E-state index contributed by atoms with van der Waals surface area (Å²) in [6.45, 7) is 0.920. The van der Waals surface area contributed by atoms with E-state index in [4.69, 9.17) is 5.11 Å². The largest absolute Gasteiger partial charge is 0.381 e. The molecule has 0 amide bonds. The van der Waals surface area contributed by atoms with Crippen LogP contribution < -0.4 is 5.32 Å². The average Bonchev–Trinajstić information content (AvgIpc) is 2.29. The summed E-state index contributed by atoms with van der Waals surface area (Å²) < 4.78 is 0. The molecule has 0 bridgehead atoms. The number of aliphatic hydroxyl groups is 1. The minimum absolute atomic E-state index is 0.0702. The Morgan fingerprint density at radius 2 is 2.33 bits per heavy atom. The molecule has 0 unspecified atom stereocenters. The molecule has 2 nitrogen and oxygen atoms in total. The number of aliphatic hydroxyl groups excluding tert-OH is 1. The Balaban J connectivity index is 2.00. The van der Waals surface area contributed by atoms with Crippen molar-refractivity contribution in [1.82, 2.24) is 5.32 Å². The third-order valence-electron chi connectivity index (χ3n) is 2.68. The molecule has 0 radical (unpaired) electrons. The zero-order valence-corrected chi connectivity index (χ0v) is 9.65. The van der Waals surface area contributed by atoms with Crippen molar-refractivity contribution >= 4 is 11.8 Å². The molecule has 0 aliphatic carbocycles. The Bertz CT molecular complexity index is 327. The third kappa shape index (κ3) is 2.97. The van der Waals surface area contributed by atoms with Gasteiger partial charge >= 0.3 is 0 Å². The average molecular weight is 223 g/mol. The number of fused-ring (bicyclic) bond motifs is 1. The Kier molecular flexibility index (Phi) is 4.06. The summed E-state index contributed by atoms with van der Waals surface area (Å²) in [5.74, 6) is 1.26. The number of hydrogen-bond donors (Lipinski definition) is 2. The van der Waals surface area contributed by atoms with E-state index in [1.165, 1.54) is 34.6 Å². The second kappa shape index (κ2) is 5.54. The van der Waals surface area contributed by atoms with Crippen molar-refractivity contribution in [2.24, 2.45) is 0 Å². The highest BCUT2D eigenvalue weighted by Gasteiger charge is 2.09. The quantitative estimate of drug-likeness (QED) is 0.603. The smallest absolute Gasteiger partial charge is 0.0931 e. The van der Waals surface area contributed by atoms with E-state index >= 15 is 0 Å². The third-order valence-corrected chi connectivity index (χ3v) is 3.88. The first-order valence-electron chi connectivity index (χ1n) is 5.46. The molecule has 0 spiro atoms. The summed E-state index contributed by atoms with van der Waals surface area (Å²) >= 11 is 1.97. The maximum absolute atomic E-state index is 8.62. The summed E-state index contributed by atoms with van der Waals surface area (Å²) in [5.41, 5.74) is 2.88. The molecule has 1 aromatic carbocycles. The molecule has 1 aliphatic rings. The number of benzene rings is 1. The van der Waals surface area contributed by atoms with Gasteiger partial charge in [-0.3, -0.25) is 5.32 Å². The van der Waals surface area contributed by atoms with E-state index in [0.717, 1.165) is 13.0 Å². The molecular weight excluding hydrogens is 206 g/mol. The molecule has 0 saturated carbocycles. The van der Waals surface area contributed by atoms with E-state index in [0.29, 0.717) is 0 Å². The van der Waals surface area contributed by atoms with Crippen LogP contribution in [0, 0.1) is 0 Å². The van der Waals surface area contributed by atoms with E-state index in [9.17, 15) is 0 Å². The Labute approximate surface area is 95.1 Å².